The lowest BCUT2D eigenvalue weighted by molar-refractivity contribution is -0.135. The molecule has 4 heterocycles. The number of likely N-dealkylation sites (tertiary alicyclic amines) is 1. The second-order valence-electron chi connectivity index (χ2n) is 12.4. The molecular formula is C30H45FN6O2S. The van der Waals surface area contributed by atoms with Crippen LogP contribution in [-0.4, -0.2) is 102 Å². The smallest absolute Gasteiger partial charge is 0.246 e. The lowest BCUT2D eigenvalue weighted by atomic mass is 9.73. The van der Waals surface area contributed by atoms with Crippen LogP contribution in [0.4, 0.5) is 4.39 Å². The highest BCUT2D eigenvalue weighted by molar-refractivity contribution is 8.00. The third kappa shape index (κ3) is 5.73. The molecule has 0 bridgehead atoms. The molecule has 3 saturated heterocycles. The Bertz CT molecular complexity index is 1090. The second-order valence-corrected chi connectivity index (χ2v) is 13.9. The van der Waals surface area contributed by atoms with Crippen molar-refractivity contribution < 1.29 is 13.9 Å². The molecule has 6 unspecified atom stereocenters. The second kappa shape index (κ2) is 12.0. The number of halogens is 1. The van der Waals surface area contributed by atoms with Gasteiger partial charge in [-0.2, -0.15) is 0 Å². The average Bonchev–Trinajstić information content (AvgIpc) is 3.39. The van der Waals surface area contributed by atoms with Crippen molar-refractivity contribution in [2.75, 3.05) is 46.4 Å². The first kappa shape index (κ1) is 28.6. The van der Waals surface area contributed by atoms with Gasteiger partial charge in [0.15, 0.2) is 6.35 Å². The SMILES string of the molecule is C=CC(=O)N1CCN(C2NC(OCC3CCCN3C)NC3C[C@@]4(CCc5cc(F)ccc5S4)CCC32)CC1CN. The van der Waals surface area contributed by atoms with Gasteiger partial charge in [-0.1, -0.05) is 6.58 Å². The van der Waals surface area contributed by atoms with Gasteiger partial charge in [0, 0.05) is 53.8 Å². The lowest BCUT2D eigenvalue weighted by Gasteiger charge is -2.56. The number of nitrogens with one attached hydrogen (secondary N) is 2. The van der Waals surface area contributed by atoms with Crippen molar-refractivity contribution in [1.82, 2.24) is 25.3 Å². The van der Waals surface area contributed by atoms with E-state index < -0.39 is 0 Å². The molecule has 1 aliphatic carbocycles. The predicted octanol–water partition coefficient (Wildman–Crippen LogP) is 2.34. The van der Waals surface area contributed by atoms with Crippen LogP contribution in [0.15, 0.2) is 35.7 Å². The van der Waals surface area contributed by atoms with Crippen molar-refractivity contribution in [3.63, 3.8) is 0 Å². The van der Waals surface area contributed by atoms with E-state index in [0.29, 0.717) is 37.7 Å². The molecule has 40 heavy (non-hydrogen) atoms. The molecule has 4 N–H and O–H groups in total. The third-order valence-electron chi connectivity index (χ3n) is 10.1. The number of nitrogens with zero attached hydrogens (tertiary/aromatic N) is 3. The van der Waals surface area contributed by atoms with Crippen molar-refractivity contribution in [3.8, 4) is 0 Å². The van der Waals surface area contributed by atoms with Gasteiger partial charge in [0.25, 0.3) is 0 Å². The molecule has 1 saturated carbocycles. The van der Waals surface area contributed by atoms with E-state index in [1.54, 1.807) is 12.1 Å². The predicted molar refractivity (Wildman–Crippen MR) is 156 cm³/mol. The van der Waals surface area contributed by atoms with Crippen molar-refractivity contribution in [3.05, 3.63) is 42.2 Å². The molecule has 220 valence electrons. The Morgan fingerprint density at radius 3 is 2.90 bits per heavy atom. The van der Waals surface area contributed by atoms with Gasteiger partial charge >= 0.3 is 0 Å². The maximum absolute atomic E-state index is 13.9. The van der Waals surface area contributed by atoms with Crippen LogP contribution in [0.1, 0.15) is 44.1 Å². The van der Waals surface area contributed by atoms with Crippen molar-refractivity contribution in [2.45, 2.75) is 85.2 Å². The minimum Gasteiger partial charge on any atom is -0.348 e. The van der Waals surface area contributed by atoms with Crippen LogP contribution in [-0.2, 0) is 16.0 Å². The van der Waals surface area contributed by atoms with Crippen LogP contribution in [0, 0.1) is 11.7 Å². The minimum atomic E-state index is -0.227. The number of ether oxygens (including phenoxy) is 1. The number of aryl methyl sites for hydroxylation is 1. The largest absolute Gasteiger partial charge is 0.348 e. The fourth-order valence-corrected chi connectivity index (χ4v) is 9.37. The number of fused-ring (bicyclic) bond motifs is 2. The number of amides is 1. The zero-order chi connectivity index (χ0) is 27.9. The molecular weight excluding hydrogens is 527 g/mol. The third-order valence-corrected chi connectivity index (χ3v) is 11.7. The number of hydrogen-bond donors (Lipinski definition) is 3. The molecule has 10 heteroatoms. The Hall–Kier alpha value is -1.53. The zero-order valence-corrected chi connectivity index (χ0v) is 24.5. The van der Waals surface area contributed by atoms with Gasteiger partial charge < -0.3 is 20.3 Å². The van der Waals surface area contributed by atoms with E-state index in [-0.39, 0.29) is 35.0 Å². The number of benzene rings is 1. The van der Waals surface area contributed by atoms with E-state index in [4.69, 9.17) is 10.5 Å². The fraction of sp³-hybridized carbons (Fsp3) is 0.700. The summed E-state index contributed by atoms with van der Waals surface area (Å²) in [5.74, 6) is 0.248. The number of likely N-dealkylation sites (N-methyl/N-ethyl adjacent to an activating group) is 1. The number of piperazine rings is 1. The maximum atomic E-state index is 13.9. The van der Waals surface area contributed by atoms with E-state index in [1.807, 2.05) is 22.7 Å². The van der Waals surface area contributed by atoms with E-state index in [9.17, 15) is 9.18 Å². The number of carbonyl (C=O) groups is 1. The first-order valence-electron chi connectivity index (χ1n) is 15.1. The van der Waals surface area contributed by atoms with Gasteiger partial charge in [0.2, 0.25) is 5.91 Å². The van der Waals surface area contributed by atoms with Crippen molar-refractivity contribution in [2.24, 2.45) is 11.7 Å². The van der Waals surface area contributed by atoms with E-state index >= 15 is 0 Å². The Balaban J connectivity index is 1.20. The van der Waals surface area contributed by atoms with Crippen LogP contribution >= 0.6 is 11.8 Å². The molecule has 8 nitrogen and oxygen atoms in total. The number of hydrogen-bond acceptors (Lipinski definition) is 8. The average molecular weight is 573 g/mol. The standard InChI is InChI=1S/C30H45FN6O2S/c1-3-27(38)37-14-13-36(18-23(37)17-32)28-24-9-11-30(10-8-20-15-21(31)6-7-26(20)40-30)16-25(24)33-29(34-28)39-19-22-5-4-12-35(22)2/h3,6-7,15,22-25,28-29,33-34H,1,4-5,8-14,16-19,32H2,2H3/t22?,23?,24?,25?,28?,29?,30-/m1/s1. The van der Waals surface area contributed by atoms with Crippen molar-refractivity contribution >= 4 is 17.7 Å². The summed E-state index contributed by atoms with van der Waals surface area (Å²) < 4.78 is 20.6. The van der Waals surface area contributed by atoms with E-state index in [0.717, 1.165) is 57.3 Å². The lowest BCUT2D eigenvalue weighted by Crippen LogP contribution is -2.73. The van der Waals surface area contributed by atoms with Gasteiger partial charge in [0.1, 0.15) is 5.82 Å². The van der Waals surface area contributed by atoms with E-state index in [2.05, 4.69) is 34.1 Å². The quantitative estimate of drug-likeness (QED) is 0.448. The Labute approximate surface area is 242 Å². The molecule has 7 atom stereocenters. The summed E-state index contributed by atoms with van der Waals surface area (Å²) in [6.45, 7) is 8.16. The highest BCUT2D eigenvalue weighted by Crippen LogP contribution is 2.53. The molecule has 1 spiro atoms. The molecule has 0 aromatic heterocycles. The summed E-state index contributed by atoms with van der Waals surface area (Å²) in [5.41, 5.74) is 7.31. The minimum absolute atomic E-state index is 0.0263. The maximum Gasteiger partial charge on any atom is 0.246 e. The molecule has 1 aromatic carbocycles. The van der Waals surface area contributed by atoms with Crippen LogP contribution < -0.4 is 16.4 Å². The molecule has 6 rings (SSSR count). The summed E-state index contributed by atoms with van der Waals surface area (Å²) in [6.07, 6.45) is 9.05. The topological polar surface area (TPSA) is 86.1 Å². The molecule has 4 fully saturated rings. The van der Waals surface area contributed by atoms with Gasteiger partial charge in [-0.05, 0) is 88.4 Å². The molecule has 5 aliphatic rings. The molecule has 1 amide bonds. The Morgan fingerprint density at radius 2 is 2.12 bits per heavy atom. The van der Waals surface area contributed by atoms with Crippen molar-refractivity contribution in [1.29, 1.82) is 0 Å². The highest BCUT2D eigenvalue weighted by Gasteiger charge is 2.50. The number of thioether (sulfide) groups is 1. The van der Waals surface area contributed by atoms with Gasteiger partial charge in [0.05, 0.1) is 18.8 Å². The normalized spacial score (nSPS) is 36.8. The van der Waals surface area contributed by atoms with Gasteiger partial charge in [-0.15, -0.1) is 11.8 Å². The number of carbonyl (C=O) groups excluding carboxylic acids is 1. The van der Waals surface area contributed by atoms with Crippen LogP contribution in [0.2, 0.25) is 0 Å². The summed E-state index contributed by atoms with van der Waals surface area (Å²) in [4.78, 5) is 20.5. The Kier molecular flexibility index (Phi) is 8.57. The summed E-state index contributed by atoms with van der Waals surface area (Å²) in [5, 5.41) is 7.71. The summed E-state index contributed by atoms with van der Waals surface area (Å²) >= 11 is 1.97. The Morgan fingerprint density at radius 1 is 1.25 bits per heavy atom. The summed E-state index contributed by atoms with van der Waals surface area (Å²) in [7, 11) is 2.19. The monoisotopic (exact) mass is 572 g/mol. The van der Waals surface area contributed by atoms with E-state index in [1.165, 1.54) is 23.8 Å². The highest BCUT2D eigenvalue weighted by atomic mass is 32.2. The first-order valence-corrected chi connectivity index (χ1v) is 15.9. The summed E-state index contributed by atoms with van der Waals surface area (Å²) in [6, 6.07) is 6.03. The van der Waals surface area contributed by atoms with Gasteiger partial charge in [-0.3, -0.25) is 20.3 Å². The number of nitrogens with two attached hydrogens (primary N) is 1. The van der Waals surface area contributed by atoms with Gasteiger partial charge in [-0.25, -0.2) is 4.39 Å². The first-order chi connectivity index (χ1) is 19.4. The number of rotatable bonds is 6. The molecule has 1 aromatic rings. The fourth-order valence-electron chi connectivity index (χ4n) is 7.79. The van der Waals surface area contributed by atoms with Crippen LogP contribution in [0.25, 0.3) is 0 Å². The zero-order valence-electron chi connectivity index (χ0n) is 23.7. The molecule has 4 aliphatic heterocycles. The van der Waals surface area contributed by atoms with Crippen LogP contribution in [0.3, 0.4) is 0 Å². The van der Waals surface area contributed by atoms with Crippen LogP contribution in [0.5, 0.6) is 0 Å². The molecule has 0 radical (unpaired) electrons.